The summed E-state index contributed by atoms with van der Waals surface area (Å²) in [5.41, 5.74) is 4.78. The molecule has 0 radical (unpaired) electrons. The maximum Gasteiger partial charge on any atom is 0.154 e. The SMILES string of the molecule is Cc1ccc(-c2nc3ccc(C)nn3c2CS(C)(=O)=O)cc1. The van der Waals surface area contributed by atoms with E-state index in [1.165, 1.54) is 6.26 Å². The summed E-state index contributed by atoms with van der Waals surface area (Å²) < 4.78 is 25.2. The van der Waals surface area contributed by atoms with Crippen molar-refractivity contribution in [1.29, 1.82) is 0 Å². The van der Waals surface area contributed by atoms with Crippen LogP contribution in [0, 0.1) is 13.8 Å². The van der Waals surface area contributed by atoms with Gasteiger partial charge in [0.15, 0.2) is 15.5 Å². The summed E-state index contributed by atoms with van der Waals surface area (Å²) in [5, 5.41) is 4.41. The lowest BCUT2D eigenvalue weighted by Crippen LogP contribution is -2.07. The first-order chi connectivity index (χ1) is 10.3. The monoisotopic (exact) mass is 315 g/mol. The lowest BCUT2D eigenvalue weighted by molar-refractivity contribution is 0.599. The maximum atomic E-state index is 11.8. The van der Waals surface area contributed by atoms with Crippen molar-refractivity contribution in [2.24, 2.45) is 0 Å². The minimum Gasteiger partial charge on any atom is -0.229 e. The zero-order valence-corrected chi connectivity index (χ0v) is 13.6. The van der Waals surface area contributed by atoms with E-state index in [2.05, 4.69) is 10.1 Å². The fourth-order valence-corrected chi connectivity index (χ4v) is 3.15. The van der Waals surface area contributed by atoms with Gasteiger partial charge in [-0.25, -0.2) is 17.9 Å². The Kier molecular flexibility index (Phi) is 3.48. The Labute approximate surface area is 129 Å². The van der Waals surface area contributed by atoms with Gasteiger partial charge in [0.2, 0.25) is 0 Å². The van der Waals surface area contributed by atoms with E-state index in [1.807, 2.05) is 50.2 Å². The van der Waals surface area contributed by atoms with Gasteiger partial charge >= 0.3 is 0 Å². The molecule has 0 amide bonds. The molecule has 2 aromatic heterocycles. The number of aryl methyl sites for hydroxylation is 2. The Bertz CT molecular complexity index is 941. The highest BCUT2D eigenvalue weighted by Crippen LogP contribution is 2.26. The summed E-state index contributed by atoms with van der Waals surface area (Å²) in [6, 6.07) is 11.6. The zero-order valence-electron chi connectivity index (χ0n) is 12.7. The summed E-state index contributed by atoms with van der Waals surface area (Å²) >= 11 is 0. The number of sulfone groups is 1. The summed E-state index contributed by atoms with van der Waals surface area (Å²) in [6.07, 6.45) is 1.22. The molecular weight excluding hydrogens is 298 g/mol. The first-order valence-electron chi connectivity index (χ1n) is 6.93. The van der Waals surface area contributed by atoms with Crippen LogP contribution in [0.4, 0.5) is 0 Å². The molecule has 3 aromatic rings. The van der Waals surface area contributed by atoms with Crippen molar-refractivity contribution in [3.05, 3.63) is 53.3 Å². The number of hydrogen-bond donors (Lipinski definition) is 0. The highest BCUT2D eigenvalue weighted by Gasteiger charge is 2.19. The number of hydrogen-bond acceptors (Lipinski definition) is 4. The molecule has 0 N–H and O–H groups in total. The Hall–Kier alpha value is -2.21. The van der Waals surface area contributed by atoms with E-state index in [0.717, 1.165) is 16.8 Å². The summed E-state index contributed by atoms with van der Waals surface area (Å²) in [6.45, 7) is 3.88. The number of rotatable bonds is 3. The van der Waals surface area contributed by atoms with Crippen LogP contribution in [0.3, 0.4) is 0 Å². The second-order valence-electron chi connectivity index (χ2n) is 5.59. The fraction of sp³-hybridized carbons (Fsp3) is 0.250. The predicted octanol–water partition coefficient (Wildman–Crippen LogP) is 2.56. The van der Waals surface area contributed by atoms with Crippen molar-refractivity contribution < 1.29 is 8.42 Å². The number of fused-ring (bicyclic) bond motifs is 1. The van der Waals surface area contributed by atoms with Gasteiger partial charge in [-0.2, -0.15) is 5.10 Å². The van der Waals surface area contributed by atoms with Crippen LogP contribution >= 0.6 is 0 Å². The number of aromatic nitrogens is 3. The fourth-order valence-electron chi connectivity index (χ4n) is 2.39. The van der Waals surface area contributed by atoms with Crippen molar-refractivity contribution in [3.63, 3.8) is 0 Å². The average molecular weight is 315 g/mol. The van der Waals surface area contributed by atoms with Gasteiger partial charge in [-0.1, -0.05) is 29.8 Å². The quantitative estimate of drug-likeness (QED) is 0.745. The molecule has 0 saturated heterocycles. The molecular formula is C16H17N3O2S. The van der Waals surface area contributed by atoms with Crippen molar-refractivity contribution >= 4 is 15.5 Å². The van der Waals surface area contributed by atoms with E-state index in [9.17, 15) is 8.42 Å². The molecule has 5 nitrogen and oxygen atoms in total. The van der Waals surface area contributed by atoms with E-state index in [0.29, 0.717) is 17.0 Å². The Morgan fingerprint density at radius 2 is 1.73 bits per heavy atom. The van der Waals surface area contributed by atoms with E-state index < -0.39 is 9.84 Å². The molecule has 3 rings (SSSR count). The van der Waals surface area contributed by atoms with Crippen LogP contribution in [0.2, 0.25) is 0 Å². The van der Waals surface area contributed by atoms with Gasteiger partial charge in [-0.05, 0) is 26.0 Å². The maximum absolute atomic E-state index is 11.8. The minimum atomic E-state index is -3.19. The molecule has 0 saturated carbocycles. The van der Waals surface area contributed by atoms with E-state index >= 15 is 0 Å². The molecule has 6 heteroatoms. The molecule has 0 spiro atoms. The van der Waals surface area contributed by atoms with Gasteiger partial charge < -0.3 is 0 Å². The third-order valence-electron chi connectivity index (χ3n) is 3.43. The van der Waals surface area contributed by atoms with E-state index in [-0.39, 0.29) is 5.75 Å². The summed E-state index contributed by atoms with van der Waals surface area (Å²) in [7, 11) is -3.19. The Morgan fingerprint density at radius 1 is 1.05 bits per heavy atom. The van der Waals surface area contributed by atoms with Gasteiger partial charge in [0, 0.05) is 11.8 Å². The topological polar surface area (TPSA) is 64.3 Å². The minimum absolute atomic E-state index is 0.0895. The third kappa shape index (κ3) is 2.87. The van der Waals surface area contributed by atoms with Gasteiger partial charge in [-0.3, -0.25) is 0 Å². The average Bonchev–Trinajstić information content (AvgIpc) is 2.76. The van der Waals surface area contributed by atoms with Gasteiger partial charge in [0.1, 0.15) is 0 Å². The second-order valence-corrected chi connectivity index (χ2v) is 7.73. The van der Waals surface area contributed by atoms with Gasteiger partial charge in [0.25, 0.3) is 0 Å². The van der Waals surface area contributed by atoms with Crippen LogP contribution in [0.15, 0.2) is 36.4 Å². The van der Waals surface area contributed by atoms with Crippen LogP contribution in [0.5, 0.6) is 0 Å². The molecule has 2 heterocycles. The molecule has 0 aliphatic carbocycles. The smallest absolute Gasteiger partial charge is 0.154 e. The molecule has 0 aliphatic heterocycles. The van der Waals surface area contributed by atoms with Crippen LogP contribution in [-0.4, -0.2) is 29.3 Å². The van der Waals surface area contributed by atoms with Crippen molar-refractivity contribution in [1.82, 2.24) is 14.6 Å². The normalized spacial score (nSPS) is 12.0. The van der Waals surface area contributed by atoms with Gasteiger partial charge in [0.05, 0.1) is 22.8 Å². The Morgan fingerprint density at radius 3 is 2.36 bits per heavy atom. The zero-order chi connectivity index (χ0) is 15.9. The highest BCUT2D eigenvalue weighted by molar-refractivity contribution is 7.89. The van der Waals surface area contributed by atoms with Crippen molar-refractivity contribution in [2.75, 3.05) is 6.26 Å². The van der Waals surface area contributed by atoms with E-state index in [1.54, 1.807) is 4.52 Å². The Balaban J connectivity index is 2.28. The van der Waals surface area contributed by atoms with Crippen LogP contribution < -0.4 is 0 Å². The summed E-state index contributed by atoms with van der Waals surface area (Å²) in [4.78, 5) is 4.57. The first kappa shape index (κ1) is 14.7. The lowest BCUT2D eigenvalue weighted by Gasteiger charge is -2.04. The third-order valence-corrected chi connectivity index (χ3v) is 4.23. The summed E-state index contributed by atoms with van der Waals surface area (Å²) in [5.74, 6) is -0.0895. The number of nitrogens with zero attached hydrogens (tertiary/aromatic N) is 3. The number of imidazole rings is 1. The molecule has 22 heavy (non-hydrogen) atoms. The van der Waals surface area contributed by atoms with E-state index in [4.69, 9.17) is 0 Å². The van der Waals surface area contributed by atoms with Crippen LogP contribution in [0.25, 0.3) is 16.9 Å². The first-order valence-corrected chi connectivity index (χ1v) is 8.99. The molecule has 0 atom stereocenters. The van der Waals surface area contributed by atoms with Crippen molar-refractivity contribution in [2.45, 2.75) is 19.6 Å². The molecule has 0 fully saturated rings. The van der Waals surface area contributed by atoms with Crippen LogP contribution in [0.1, 0.15) is 17.0 Å². The molecule has 1 aromatic carbocycles. The van der Waals surface area contributed by atoms with Crippen molar-refractivity contribution in [3.8, 4) is 11.3 Å². The molecule has 0 bridgehead atoms. The second kappa shape index (κ2) is 5.21. The predicted molar refractivity (Wildman–Crippen MR) is 86.4 cm³/mol. The standard InChI is InChI=1S/C16H17N3O2S/c1-11-4-7-13(8-5-11)16-14(10-22(3,20)21)19-15(17-16)9-6-12(2)18-19/h4-9H,10H2,1-3H3. The highest BCUT2D eigenvalue weighted by atomic mass is 32.2. The van der Waals surface area contributed by atoms with Crippen LogP contribution in [-0.2, 0) is 15.6 Å². The largest absolute Gasteiger partial charge is 0.229 e. The lowest BCUT2D eigenvalue weighted by atomic mass is 10.1. The molecule has 0 aliphatic rings. The molecule has 0 unspecified atom stereocenters. The number of benzene rings is 1. The molecule has 114 valence electrons. The van der Waals surface area contributed by atoms with Gasteiger partial charge in [-0.15, -0.1) is 0 Å².